The summed E-state index contributed by atoms with van der Waals surface area (Å²) >= 11 is 2.60. The zero-order valence-electron chi connectivity index (χ0n) is 21.0. The van der Waals surface area contributed by atoms with Crippen LogP contribution in [0.3, 0.4) is 0 Å². The molecule has 2 aromatic carbocycles. The van der Waals surface area contributed by atoms with Crippen LogP contribution in [0.25, 0.3) is 32.1 Å². The lowest BCUT2D eigenvalue weighted by atomic mass is 9.91. The standard InChI is InChI=1S/C26H25F2N3O4S2/c1-6-36-24-30-22-20(23(31-24)33-5)14-11-34-10-13(14)19(21(22)28)18-12-9-17(29-25(32)35-26(2,3)4)37-16(12)8-7-15(18)27/h7-9H,6,10-11H2,1-5H3,(H,29,32). The molecular formula is C26H25F2N3O4S2. The number of fused-ring (bicyclic) bond motifs is 4. The molecule has 1 aliphatic heterocycles. The summed E-state index contributed by atoms with van der Waals surface area (Å²) < 4.78 is 49.1. The highest BCUT2D eigenvalue weighted by molar-refractivity contribution is 7.99. The second-order valence-electron chi connectivity index (χ2n) is 9.38. The molecule has 7 nitrogen and oxygen atoms in total. The zero-order valence-corrected chi connectivity index (χ0v) is 22.6. The summed E-state index contributed by atoms with van der Waals surface area (Å²) in [6.07, 6.45) is -0.628. The molecule has 2 aromatic heterocycles. The molecule has 0 fully saturated rings. The van der Waals surface area contributed by atoms with Crippen molar-refractivity contribution in [3.05, 3.63) is 41.0 Å². The first kappa shape index (κ1) is 25.6. The first-order valence-electron chi connectivity index (χ1n) is 11.6. The molecule has 0 aliphatic carbocycles. The Balaban J connectivity index is 1.74. The molecule has 37 heavy (non-hydrogen) atoms. The fourth-order valence-electron chi connectivity index (χ4n) is 4.38. The highest BCUT2D eigenvalue weighted by Gasteiger charge is 2.31. The molecule has 1 N–H and O–H groups in total. The van der Waals surface area contributed by atoms with Crippen LogP contribution in [0.2, 0.25) is 0 Å². The summed E-state index contributed by atoms with van der Waals surface area (Å²) in [5.41, 5.74) is 0.773. The quantitative estimate of drug-likeness (QED) is 0.208. The lowest BCUT2D eigenvalue weighted by molar-refractivity contribution is 0.0636. The number of nitrogens with zero attached hydrogens (tertiary/aromatic N) is 2. The summed E-state index contributed by atoms with van der Waals surface area (Å²) in [5, 5.41) is 4.42. The minimum Gasteiger partial charge on any atom is -0.480 e. The van der Waals surface area contributed by atoms with Crippen molar-refractivity contribution < 1.29 is 27.8 Å². The first-order chi connectivity index (χ1) is 17.6. The summed E-state index contributed by atoms with van der Waals surface area (Å²) in [5.74, 6) is -0.318. The van der Waals surface area contributed by atoms with Gasteiger partial charge in [0.1, 0.15) is 16.9 Å². The molecule has 0 saturated carbocycles. The second-order valence-corrected chi connectivity index (χ2v) is 11.7. The van der Waals surface area contributed by atoms with E-state index in [0.29, 0.717) is 42.5 Å². The number of amides is 1. The summed E-state index contributed by atoms with van der Waals surface area (Å²) in [4.78, 5) is 21.2. The molecular weight excluding hydrogens is 520 g/mol. The number of aromatic nitrogens is 2. The molecule has 194 valence electrons. The number of ether oxygens (including phenoxy) is 3. The Labute approximate surface area is 220 Å². The minimum atomic E-state index is -0.676. The first-order valence-corrected chi connectivity index (χ1v) is 13.4. The molecule has 0 spiro atoms. The molecule has 5 rings (SSSR count). The Morgan fingerprint density at radius 1 is 1.19 bits per heavy atom. The van der Waals surface area contributed by atoms with Gasteiger partial charge >= 0.3 is 6.09 Å². The maximum absolute atomic E-state index is 16.4. The monoisotopic (exact) mass is 545 g/mol. The number of rotatable bonds is 5. The third kappa shape index (κ3) is 4.71. The average Bonchev–Trinajstić information content (AvgIpc) is 3.45. The van der Waals surface area contributed by atoms with Crippen molar-refractivity contribution in [3.63, 3.8) is 0 Å². The summed E-state index contributed by atoms with van der Waals surface area (Å²) in [7, 11) is 1.47. The number of carbonyl (C=O) groups excluding carboxylic acids is 1. The van der Waals surface area contributed by atoms with Gasteiger partial charge in [0.15, 0.2) is 11.0 Å². The van der Waals surface area contributed by atoms with Crippen molar-refractivity contribution in [2.45, 2.75) is 51.7 Å². The SMILES string of the molecule is CCSc1nc(OC)c2c3c(c(-c4c(F)ccc5sc(NC(=O)OC(C)(C)C)cc45)c(F)c2n1)COC3. The fourth-order valence-corrected chi connectivity index (χ4v) is 5.90. The Hall–Kier alpha value is -3.02. The normalized spacial score (nSPS) is 13.3. The van der Waals surface area contributed by atoms with Crippen LogP contribution in [0.5, 0.6) is 5.88 Å². The van der Waals surface area contributed by atoms with Crippen LogP contribution in [0.15, 0.2) is 23.4 Å². The maximum Gasteiger partial charge on any atom is 0.412 e. The van der Waals surface area contributed by atoms with Crippen LogP contribution < -0.4 is 10.1 Å². The highest BCUT2D eigenvalue weighted by Crippen LogP contribution is 2.46. The minimum absolute atomic E-state index is 0.0563. The van der Waals surface area contributed by atoms with Gasteiger partial charge < -0.3 is 14.2 Å². The van der Waals surface area contributed by atoms with E-state index in [0.717, 1.165) is 0 Å². The van der Waals surface area contributed by atoms with Gasteiger partial charge in [-0.1, -0.05) is 18.7 Å². The van der Waals surface area contributed by atoms with E-state index in [1.54, 1.807) is 32.9 Å². The molecule has 0 atom stereocenters. The van der Waals surface area contributed by atoms with E-state index >= 15 is 8.78 Å². The third-order valence-electron chi connectivity index (χ3n) is 5.73. The topological polar surface area (TPSA) is 82.6 Å². The second kappa shape index (κ2) is 9.70. The Kier molecular flexibility index (Phi) is 6.71. The predicted molar refractivity (Wildman–Crippen MR) is 142 cm³/mol. The van der Waals surface area contributed by atoms with E-state index < -0.39 is 23.3 Å². The van der Waals surface area contributed by atoms with Crippen molar-refractivity contribution in [2.24, 2.45) is 0 Å². The van der Waals surface area contributed by atoms with Crippen LogP contribution in [-0.2, 0) is 22.7 Å². The lowest BCUT2D eigenvalue weighted by Gasteiger charge is -2.19. The molecule has 0 saturated heterocycles. The van der Waals surface area contributed by atoms with Gasteiger partial charge in [0, 0.05) is 21.2 Å². The largest absolute Gasteiger partial charge is 0.480 e. The number of thioether (sulfide) groups is 1. The van der Waals surface area contributed by atoms with Gasteiger partial charge in [0.2, 0.25) is 5.88 Å². The molecule has 4 aromatic rings. The van der Waals surface area contributed by atoms with Crippen LogP contribution in [-0.4, -0.2) is 34.5 Å². The number of hydrogen-bond donors (Lipinski definition) is 1. The van der Waals surface area contributed by atoms with Gasteiger partial charge in [0.25, 0.3) is 0 Å². The molecule has 0 unspecified atom stereocenters. The van der Waals surface area contributed by atoms with Gasteiger partial charge in [-0.25, -0.2) is 18.6 Å². The molecule has 1 aliphatic rings. The smallest absolute Gasteiger partial charge is 0.412 e. The predicted octanol–water partition coefficient (Wildman–Crippen LogP) is 7.29. The van der Waals surface area contributed by atoms with Crippen molar-refractivity contribution >= 4 is 55.2 Å². The fraction of sp³-hybridized carbons (Fsp3) is 0.346. The van der Waals surface area contributed by atoms with Gasteiger partial charge in [0.05, 0.1) is 30.7 Å². The van der Waals surface area contributed by atoms with Crippen LogP contribution in [0.4, 0.5) is 18.6 Å². The molecule has 0 radical (unpaired) electrons. The number of thiophene rings is 1. The van der Waals surface area contributed by atoms with Crippen LogP contribution in [0, 0.1) is 11.6 Å². The van der Waals surface area contributed by atoms with Crippen LogP contribution >= 0.6 is 23.1 Å². The summed E-state index contributed by atoms with van der Waals surface area (Å²) in [6.45, 7) is 7.54. The van der Waals surface area contributed by atoms with E-state index in [4.69, 9.17) is 14.2 Å². The van der Waals surface area contributed by atoms with E-state index in [2.05, 4.69) is 15.3 Å². The van der Waals surface area contributed by atoms with E-state index in [1.165, 1.54) is 36.3 Å². The Morgan fingerprint density at radius 3 is 2.65 bits per heavy atom. The molecule has 0 bridgehead atoms. The number of carbonyl (C=O) groups is 1. The Morgan fingerprint density at radius 2 is 1.95 bits per heavy atom. The van der Waals surface area contributed by atoms with Gasteiger partial charge in [-0.15, -0.1) is 11.3 Å². The number of hydrogen-bond acceptors (Lipinski definition) is 8. The van der Waals surface area contributed by atoms with Crippen LogP contribution in [0.1, 0.15) is 38.8 Å². The number of benzene rings is 2. The van der Waals surface area contributed by atoms with Gasteiger partial charge in [-0.2, -0.15) is 4.98 Å². The maximum atomic E-state index is 16.4. The number of halogens is 2. The average molecular weight is 546 g/mol. The van der Waals surface area contributed by atoms with Crippen molar-refractivity contribution in [1.82, 2.24) is 9.97 Å². The number of methoxy groups -OCH3 is 1. The molecule has 11 heteroatoms. The highest BCUT2D eigenvalue weighted by atomic mass is 32.2. The molecule has 3 heterocycles. The van der Waals surface area contributed by atoms with Gasteiger partial charge in [-0.05, 0) is 55.9 Å². The number of nitrogens with one attached hydrogen (secondary N) is 1. The zero-order chi connectivity index (χ0) is 26.5. The molecule has 1 amide bonds. The number of anilines is 1. The van der Waals surface area contributed by atoms with Crippen molar-refractivity contribution in [3.8, 4) is 17.0 Å². The summed E-state index contributed by atoms with van der Waals surface area (Å²) in [6, 6.07) is 4.54. The van der Waals surface area contributed by atoms with Crippen molar-refractivity contribution in [1.29, 1.82) is 0 Å². The van der Waals surface area contributed by atoms with Gasteiger partial charge in [-0.3, -0.25) is 5.32 Å². The van der Waals surface area contributed by atoms with E-state index in [1.807, 2.05) is 6.92 Å². The Bertz CT molecular complexity index is 1550. The lowest BCUT2D eigenvalue weighted by Crippen LogP contribution is -2.26. The van der Waals surface area contributed by atoms with E-state index in [9.17, 15) is 4.79 Å². The third-order valence-corrected chi connectivity index (χ3v) is 7.48. The van der Waals surface area contributed by atoms with Crippen molar-refractivity contribution in [2.75, 3.05) is 18.2 Å². The van der Waals surface area contributed by atoms with E-state index in [-0.39, 0.29) is 35.7 Å².